The van der Waals surface area contributed by atoms with E-state index in [0.29, 0.717) is 0 Å². The minimum atomic E-state index is -3.50. The van der Waals surface area contributed by atoms with Crippen LogP contribution in [0.2, 0.25) is 0 Å². The predicted molar refractivity (Wildman–Crippen MR) is 97.3 cm³/mol. The first-order valence-corrected chi connectivity index (χ1v) is 9.65. The number of amides is 1. The summed E-state index contributed by atoms with van der Waals surface area (Å²) in [7, 11) is -3.50. The van der Waals surface area contributed by atoms with Gasteiger partial charge in [0.2, 0.25) is 0 Å². The Labute approximate surface area is 155 Å². The van der Waals surface area contributed by atoms with E-state index in [1.165, 1.54) is 60.3 Å². The first-order valence-electron chi connectivity index (χ1n) is 7.99. The zero-order valence-electron chi connectivity index (χ0n) is 14.3. The molecule has 9 heteroatoms. The highest BCUT2D eigenvalue weighted by molar-refractivity contribution is 7.91. The maximum absolute atomic E-state index is 13.8. The molecule has 0 atom stereocenters. The standard InChI is InChI=1S/C18H16FN3O4S/c1-2-27(25,26)12-7-8-17(23)15(11-12)20-18(24)14-9-10-22(21-14)16-6-4-3-5-13(16)19/h3-11,23H,2H2,1H3,(H,20,24). The Kier molecular flexibility index (Phi) is 4.95. The Bertz CT molecular complexity index is 1110. The fourth-order valence-electron chi connectivity index (χ4n) is 2.38. The number of hydrogen-bond acceptors (Lipinski definition) is 5. The molecule has 1 amide bonds. The van der Waals surface area contributed by atoms with Gasteiger partial charge in [-0.1, -0.05) is 19.1 Å². The Balaban J connectivity index is 1.87. The number of para-hydroxylation sites is 1. The second kappa shape index (κ2) is 7.20. The van der Waals surface area contributed by atoms with Crippen LogP contribution in [0, 0.1) is 5.82 Å². The fraction of sp³-hybridized carbons (Fsp3) is 0.111. The van der Waals surface area contributed by atoms with Crippen molar-refractivity contribution in [3.8, 4) is 11.4 Å². The van der Waals surface area contributed by atoms with Crippen LogP contribution in [0.15, 0.2) is 59.6 Å². The van der Waals surface area contributed by atoms with Crippen LogP contribution >= 0.6 is 0 Å². The van der Waals surface area contributed by atoms with Crippen molar-refractivity contribution < 1.29 is 22.7 Å². The number of nitrogens with zero attached hydrogens (tertiary/aromatic N) is 2. The van der Waals surface area contributed by atoms with E-state index in [1.54, 1.807) is 6.07 Å². The van der Waals surface area contributed by atoms with Gasteiger partial charge in [-0.05, 0) is 36.4 Å². The van der Waals surface area contributed by atoms with Gasteiger partial charge >= 0.3 is 0 Å². The van der Waals surface area contributed by atoms with Gasteiger partial charge in [0.25, 0.3) is 5.91 Å². The molecular weight excluding hydrogens is 373 g/mol. The summed E-state index contributed by atoms with van der Waals surface area (Å²) in [4.78, 5) is 12.4. The van der Waals surface area contributed by atoms with E-state index in [2.05, 4.69) is 10.4 Å². The highest BCUT2D eigenvalue weighted by Gasteiger charge is 2.17. The second-order valence-corrected chi connectivity index (χ2v) is 7.91. The molecule has 1 heterocycles. The van der Waals surface area contributed by atoms with Gasteiger partial charge in [-0.2, -0.15) is 5.10 Å². The SMILES string of the molecule is CCS(=O)(=O)c1ccc(O)c(NC(=O)c2ccn(-c3ccccc3F)n2)c1. The number of benzene rings is 2. The summed E-state index contributed by atoms with van der Waals surface area (Å²) in [6.45, 7) is 1.50. The first kappa shape index (κ1) is 18.6. The maximum Gasteiger partial charge on any atom is 0.276 e. The molecule has 0 spiro atoms. The van der Waals surface area contributed by atoms with Crippen molar-refractivity contribution in [2.45, 2.75) is 11.8 Å². The normalized spacial score (nSPS) is 11.3. The molecule has 0 bridgehead atoms. The van der Waals surface area contributed by atoms with Gasteiger partial charge < -0.3 is 10.4 Å². The lowest BCUT2D eigenvalue weighted by atomic mass is 10.3. The molecule has 0 fully saturated rings. The third kappa shape index (κ3) is 3.82. The van der Waals surface area contributed by atoms with E-state index in [-0.39, 0.29) is 33.5 Å². The molecule has 1 aromatic heterocycles. The molecule has 27 heavy (non-hydrogen) atoms. The lowest BCUT2D eigenvalue weighted by Gasteiger charge is -2.09. The number of halogens is 1. The Morgan fingerprint density at radius 3 is 2.67 bits per heavy atom. The van der Waals surface area contributed by atoms with Gasteiger partial charge in [0, 0.05) is 6.20 Å². The smallest absolute Gasteiger partial charge is 0.276 e. The van der Waals surface area contributed by atoms with Crippen LogP contribution in [-0.4, -0.2) is 35.0 Å². The van der Waals surface area contributed by atoms with Gasteiger partial charge in [-0.3, -0.25) is 4.79 Å². The molecule has 0 aliphatic heterocycles. The van der Waals surface area contributed by atoms with Crippen LogP contribution in [0.25, 0.3) is 5.69 Å². The van der Waals surface area contributed by atoms with Gasteiger partial charge in [0.1, 0.15) is 17.3 Å². The van der Waals surface area contributed by atoms with Crippen molar-refractivity contribution >= 4 is 21.4 Å². The summed E-state index contributed by atoms with van der Waals surface area (Å²) >= 11 is 0. The Morgan fingerprint density at radius 2 is 1.96 bits per heavy atom. The molecule has 140 valence electrons. The number of phenols is 1. The summed E-state index contributed by atoms with van der Waals surface area (Å²) in [6, 6.07) is 11.0. The number of aromatic nitrogens is 2. The predicted octanol–water partition coefficient (Wildman–Crippen LogP) is 2.76. The van der Waals surface area contributed by atoms with E-state index in [1.807, 2.05) is 0 Å². The lowest BCUT2D eigenvalue weighted by Crippen LogP contribution is -2.14. The number of phenolic OH excluding ortho intramolecular Hbond substituents is 1. The average molecular weight is 389 g/mol. The van der Waals surface area contributed by atoms with Crippen LogP contribution in [0.3, 0.4) is 0 Å². The molecule has 2 N–H and O–H groups in total. The number of anilines is 1. The second-order valence-electron chi connectivity index (χ2n) is 5.63. The summed E-state index contributed by atoms with van der Waals surface area (Å²) in [6.07, 6.45) is 1.42. The number of hydrogen-bond donors (Lipinski definition) is 2. The van der Waals surface area contributed by atoms with Crippen LogP contribution in [0.4, 0.5) is 10.1 Å². The summed E-state index contributed by atoms with van der Waals surface area (Å²) < 4.78 is 39.0. The molecule has 3 aromatic rings. The molecule has 7 nitrogen and oxygen atoms in total. The third-order valence-corrected chi connectivity index (χ3v) is 5.61. The average Bonchev–Trinajstić information content (AvgIpc) is 3.13. The first-order chi connectivity index (χ1) is 12.8. The molecule has 3 rings (SSSR count). The van der Waals surface area contributed by atoms with E-state index in [0.717, 1.165) is 0 Å². The molecule has 0 aliphatic carbocycles. The topological polar surface area (TPSA) is 101 Å². The van der Waals surface area contributed by atoms with Crippen molar-refractivity contribution in [1.29, 1.82) is 0 Å². The molecule has 0 radical (unpaired) electrons. The monoisotopic (exact) mass is 389 g/mol. The van der Waals surface area contributed by atoms with Crippen molar-refractivity contribution in [2.75, 3.05) is 11.1 Å². The van der Waals surface area contributed by atoms with Crippen LogP contribution < -0.4 is 5.32 Å². The van der Waals surface area contributed by atoms with Crippen LogP contribution in [0.1, 0.15) is 17.4 Å². The number of carbonyl (C=O) groups is 1. The Hall–Kier alpha value is -3.20. The number of carbonyl (C=O) groups excluding carboxylic acids is 1. The molecular formula is C18H16FN3O4S. The minimum absolute atomic E-state index is 0.0185. The van der Waals surface area contributed by atoms with E-state index in [9.17, 15) is 22.7 Å². The van der Waals surface area contributed by atoms with Crippen LogP contribution in [0.5, 0.6) is 5.75 Å². The van der Waals surface area contributed by atoms with Crippen LogP contribution in [-0.2, 0) is 9.84 Å². The van der Waals surface area contributed by atoms with Crippen molar-refractivity contribution in [3.05, 3.63) is 66.2 Å². The van der Waals surface area contributed by atoms with Gasteiger partial charge in [-0.15, -0.1) is 0 Å². The molecule has 2 aromatic carbocycles. The zero-order chi connectivity index (χ0) is 19.6. The minimum Gasteiger partial charge on any atom is -0.506 e. The summed E-state index contributed by atoms with van der Waals surface area (Å²) in [5.41, 5.74) is 0.0896. The highest BCUT2D eigenvalue weighted by Crippen LogP contribution is 2.27. The highest BCUT2D eigenvalue weighted by atomic mass is 32.2. The van der Waals surface area contributed by atoms with Gasteiger partial charge in [-0.25, -0.2) is 17.5 Å². The lowest BCUT2D eigenvalue weighted by molar-refractivity contribution is 0.102. The van der Waals surface area contributed by atoms with E-state index in [4.69, 9.17) is 0 Å². The number of aromatic hydroxyl groups is 1. The van der Waals surface area contributed by atoms with Crippen molar-refractivity contribution in [1.82, 2.24) is 9.78 Å². The Morgan fingerprint density at radius 1 is 1.22 bits per heavy atom. The molecule has 0 unspecified atom stereocenters. The van der Waals surface area contributed by atoms with Crippen molar-refractivity contribution in [2.24, 2.45) is 0 Å². The van der Waals surface area contributed by atoms with Gasteiger partial charge in [0.05, 0.1) is 16.3 Å². The number of sulfone groups is 1. The molecule has 0 saturated carbocycles. The van der Waals surface area contributed by atoms with E-state index >= 15 is 0 Å². The number of rotatable bonds is 5. The summed E-state index contributed by atoms with van der Waals surface area (Å²) in [5, 5.41) is 16.3. The van der Waals surface area contributed by atoms with Gasteiger partial charge in [0.15, 0.2) is 15.5 Å². The maximum atomic E-state index is 13.8. The zero-order valence-corrected chi connectivity index (χ0v) is 15.1. The van der Waals surface area contributed by atoms with E-state index < -0.39 is 21.6 Å². The fourth-order valence-corrected chi connectivity index (χ4v) is 3.28. The quantitative estimate of drug-likeness (QED) is 0.654. The third-order valence-electron chi connectivity index (χ3n) is 3.88. The number of nitrogens with one attached hydrogen (secondary N) is 1. The molecule has 0 saturated heterocycles. The summed E-state index contributed by atoms with van der Waals surface area (Å²) in [5.74, 6) is -1.57. The molecule has 0 aliphatic rings. The largest absolute Gasteiger partial charge is 0.506 e. The van der Waals surface area contributed by atoms with Crippen molar-refractivity contribution in [3.63, 3.8) is 0 Å².